The molecular weight excluding hydrogens is 334 g/mol. The van der Waals surface area contributed by atoms with Gasteiger partial charge in [0.15, 0.2) is 0 Å². The molecule has 26 heavy (non-hydrogen) atoms. The Bertz CT molecular complexity index is 759. The zero-order valence-electron chi connectivity index (χ0n) is 14.2. The molecule has 1 atom stereocenters. The van der Waals surface area contributed by atoms with Crippen LogP contribution < -0.4 is 5.32 Å². The van der Waals surface area contributed by atoms with Gasteiger partial charge >= 0.3 is 12.1 Å². The van der Waals surface area contributed by atoms with Gasteiger partial charge in [-0.3, -0.25) is 4.79 Å². The molecule has 1 amide bonds. The second-order valence-electron chi connectivity index (χ2n) is 6.28. The van der Waals surface area contributed by atoms with E-state index in [1.54, 1.807) is 0 Å². The molecule has 0 aromatic heterocycles. The number of hydrogen-bond donors (Lipinski definition) is 3. The van der Waals surface area contributed by atoms with Gasteiger partial charge in [-0.1, -0.05) is 48.5 Å². The van der Waals surface area contributed by atoms with E-state index in [-0.39, 0.29) is 32.0 Å². The summed E-state index contributed by atoms with van der Waals surface area (Å²) in [6.45, 7) is -0.158. The highest BCUT2D eigenvalue weighted by Crippen LogP contribution is 2.44. The summed E-state index contributed by atoms with van der Waals surface area (Å²) in [5, 5.41) is 20.5. The molecule has 1 aliphatic carbocycles. The van der Waals surface area contributed by atoms with E-state index in [0.29, 0.717) is 0 Å². The first-order valence-electron chi connectivity index (χ1n) is 8.54. The molecule has 136 valence electrons. The van der Waals surface area contributed by atoms with Crippen molar-refractivity contribution in [2.75, 3.05) is 13.2 Å². The highest BCUT2D eigenvalue weighted by atomic mass is 16.5. The van der Waals surface area contributed by atoms with E-state index in [0.717, 1.165) is 22.3 Å². The smallest absolute Gasteiger partial charge is 0.407 e. The topological polar surface area (TPSA) is 95.9 Å². The van der Waals surface area contributed by atoms with E-state index in [2.05, 4.69) is 17.4 Å². The summed E-state index contributed by atoms with van der Waals surface area (Å²) < 4.78 is 5.37. The van der Waals surface area contributed by atoms with Crippen molar-refractivity contribution in [3.63, 3.8) is 0 Å². The number of benzene rings is 2. The first kappa shape index (κ1) is 17.9. The second kappa shape index (κ2) is 8.01. The first-order valence-corrected chi connectivity index (χ1v) is 8.54. The van der Waals surface area contributed by atoms with E-state index < -0.39 is 18.1 Å². The quantitative estimate of drug-likeness (QED) is 0.710. The summed E-state index contributed by atoms with van der Waals surface area (Å²) in [6.07, 6.45) is -0.637. The maximum atomic E-state index is 12.0. The molecule has 0 saturated heterocycles. The van der Waals surface area contributed by atoms with E-state index in [1.165, 1.54) is 0 Å². The van der Waals surface area contributed by atoms with E-state index in [9.17, 15) is 14.7 Å². The van der Waals surface area contributed by atoms with Crippen LogP contribution >= 0.6 is 0 Å². The van der Waals surface area contributed by atoms with E-state index in [4.69, 9.17) is 9.84 Å². The minimum atomic E-state index is -0.974. The number of rotatable bonds is 7. The van der Waals surface area contributed by atoms with Gasteiger partial charge in [0.05, 0.1) is 12.6 Å². The minimum absolute atomic E-state index is 0.0419. The molecule has 1 unspecified atom stereocenters. The lowest BCUT2D eigenvalue weighted by Crippen LogP contribution is -2.38. The molecule has 0 heterocycles. The Balaban J connectivity index is 1.64. The van der Waals surface area contributed by atoms with Crippen LogP contribution in [0.4, 0.5) is 4.79 Å². The number of hydrogen-bond acceptors (Lipinski definition) is 4. The number of amides is 1. The van der Waals surface area contributed by atoms with Crippen LogP contribution in [0.15, 0.2) is 48.5 Å². The summed E-state index contributed by atoms with van der Waals surface area (Å²) >= 11 is 0. The number of carbonyl (C=O) groups is 2. The lowest BCUT2D eigenvalue weighted by atomic mass is 9.98. The van der Waals surface area contributed by atoms with Crippen molar-refractivity contribution in [1.82, 2.24) is 5.32 Å². The number of carboxylic acids is 1. The van der Waals surface area contributed by atoms with Crippen LogP contribution in [0.2, 0.25) is 0 Å². The van der Waals surface area contributed by atoms with Crippen molar-refractivity contribution < 1.29 is 24.5 Å². The lowest BCUT2D eigenvalue weighted by molar-refractivity contribution is -0.137. The zero-order valence-corrected chi connectivity index (χ0v) is 14.2. The zero-order chi connectivity index (χ0) is 18.5. The number of alkyl carbamates (subject to hydrolysis) is 1. The molecule has 0 bridgehead atoms. The van der Waals surface area contributed by atoms with Crippen molar-refractivity contribution in [3.05, 3.63) is 59.7 Å². The van der Waals surface area contributed by atoms with Crippen molar-refractivity contribution in [3.8, 4) is 11.1 Å². The van der Waals surface area contributed by atoms with Gasteiger partial charge in [0.2, 0.25) is 0 Å². The summed E-state index contributed by atoms with van der Waals surface area (Å²) in [5.74, 6) is -1.02. The van der Waals surface area contributed by atoms with Crippen LogP contribution in [0, 0.1) is 0 Å². The maximum Gasteiger partial charge on any atom is 0.407 e. The summed E-state index contributed by atoms with van der Waals surface area (Å²) in [4.78, 5) is 22.7. The number of aliphatic hydroxyl groups excluding tert-OH is 1. The van der Waals surface area contributed by atoms with Crippen LogP contribution in [-0.4, -0.2) is 41.5 Å². The largest absolute Gasteiger partial charge is 0.481 e. The fourth-order valence-corrected chi connectivity index (χ4v) is 3.31. The number of fused-ring (bicyclic) bond motifs is 3. The molecule has 2 aromatic rings. The molecule has 0 saturated carbocycles. The normalized spacial score (nSPS) is 13.6. The van der Waals surface area contributed by atoms with Gasteiger partial charge in [-0.15, -0.1) is 0 Å². The number of nitrogens with one attached hydrogen (secondary N) is 1. The molecule has 0 spiro atoms. The SMILES string of the molecule is O=C(O)CCC(CO)NC(=O)OCC1c2ccccc2-c2ccccc21. The number of ether oxygens (including phenoxy) is 1. The lowest BCUT2D eigenvalue weighted by Gasteiger charge is -2.18. The number of aliphatic carboxylic acids is 1. The predicted molar refractivity (Wildman–Crippen MR) is 95.9 cm³/mol. The van der Waals surface area contributed by atoms with Crippen LogP contribution in [0.5, 0.6) is 0 Å². The maximum absolute atomic E-state index is 12.0. The number of aliphatic hydroxyl groups is 1. The fraction of sp³-hybridized carbons (Fsp3) is 0.300. The summed E-state index contributed by atoms with van der Waals surface area (Å²) in [6, 6.07) is 15.4. The van der Waals surface area contributed by atoms with Gasteiger partial charge in [-0.25, -0.2) is 4.79 Å². The third-order valence-corrected chi connectivity index (χ3v) is 4.59. The van der Waals surface area contributed by atoms with Gasteiger partial charge in [-0.05, 0) is 28.7 Å². The Morgan fingerprint density at radius 3 is 2.15 bits per heavy atom. The van der Waals surface area contributed by atoms with Crippen molar-refractivity contribution in [2.24, 2.45) is 0 Å². The standard InChI is InChI=1S/C20H21NO5/c22-11-13(9-10-19(23)24)21-20(25)26-12-18-16-7-3-1-5-14(16)15-6-2-4-8-17(15)18/h1-8,13,18,22H,9-12H2,(H,21,25)(H,23,24). The van der Waals surface area contributed by atoms with Crippen LogP contribution in [0.1, 0.15) is 29.9 Å². The van der Waals surface area contributed by atoms with Gasteiger partial charge in [0, 0.05) is 12.3 Å². The van der Waals surface area contributed by atoms with Gasteiger partial charge in [0.1, 0.15) is 6.61 Å². The minimum Gasteiger partial charge on any atom is -0.481 e. The Morgan fingerprint density at radius 2 is 1.62 bits per heavy atom. The molecule has 0 radical (unpaired) electrons. The Labute approximate surface area is 151 Å². The first-order chi connectivity index (χ1) is 12.6. The third kappa shape index (κ3) is 3.86. The van der Waals surface area contributed by atoms with Gasteiger partial charge in [0.25, 0.3) is 0 Å². The van der Waals surface area contributed by atoms with E-state index >= 15 is 0 Å². The third-order valence-electron chi connectivity index (χ3n) is 4.59. The van der Waals surface area contributed by atoms with Crippen molar-refractivity contribution in [1.29, 1.82) is 0 Å². The fourth-order valence-electron chi connectivity index (χ4n) is 3.31. The molecule has 1 aliphatic rings. The second-order valence-corrected chi connectivity index (χ2v) is 6.28. The Kier molecular flexibility index (Phi) is 5.53. The van der Waals surface area contributed by atoms with Crippen LogP contribution in [0.25, 0.3) is 11.1 Å². The van der Waals surface area contributed by atoms with Crippen LogP contribution in [-0.2, 0) is 9.53 Å². The molecule has 0 aliphatic heterocycles. The highest BCUT2D eigenvalue weighted by Gasteiger charge is 2.29. The molecule has 2 aromatic carbocycles. The molecule has 6 nitrogen and oxygen atoms in total. The van der Waals surface area contributed by atoms with Crippen molar-refractivity contribution in [2.45, 2.75) is 24.8 Å². The average molecular weight is 355 g/mol. The number of carbonyl (C=O) groups excluding carboxylic acids is 1. The summed E-state index contributed by atoms with van der Waals surface area (Å²) in [7, 11) is 0. The molecule has 6 heteroatoms. The Morgan fingerprint density at radius 1 is 1.04 bits per heavy atom. The Hall–Kier alpha value is -2.86. The molecule has 0 fully saturated rings. The molecule has 3 N–H and O–H groups in total. The molecular formula is C20H21NO5. The van der Waals surface area contributed by atoms with Crippen LogP contribution in [0.3, 0.4) is 0 Å². The highest BCUT2D eigenvalue weighted by molar-refractivity contribution is 5.79. The predicted octanol–water partition coefficient (Wildman–Crippen LogP) is 2.75. The monoisotopic (exact) mass is 355 g/mol. The van der Waals surface area contributed by atoms with Gasteiger partial charge in [-0.2, -0.15) is 0 Å². The van der Waals surface area contributed by atoms with Gasteiger partial charge < -0.3 is 20.3 Å². The number of carboxylic acid groups (broad SMARTS) is 1. The average Bonchev–Trinajstić information content (AvgIpc) is 2.97. The van der Waals surface area contributed by atoms with Crippen molar-refractivity contribution >= 4 is 12.1 Å². The molecule has 3 rings (SSSR count). The summed E-state index contributed by atoms with van der Waals surface area (Å²) in [5.41, 5.74) is 4.52. The van der Waals surface area contributed by atoms with E-state index in [1.807, 2.05) is 36.4 Å².